The van der Waals surface area contributed by atoms with E-state index in [2.05, 4.69) is 55.5 Å². The molecule has 1 N–H and O–H groups in total. The van der Waals surface area contributed by atoms with Gasteiger partial charge in [0.15, 0.2) is 14.7 Å². The molecule has 3 atom stereocenters. The van der Waals surface area contributed by atoms with E-state index in [1.165, 1.54) is 34.0 Å². The maximum Gasteiger partial charge on any atom is 0.354 e. The highest BCUT2D eigenvalue weighted by Crippen LogP contribution is 2.59. The molecule has 2 aliphatic heterocycles. The third-order valence-electron chi connectivity index (χ3n) is 6.80. The number of carboxylic acid groups (broad SMARTS) is 1. The first-order valence-electron chi connectivity index (χ1n) is 11.8. The summed E-state index contributed by atoms with van der Waals surface area (Å²) in [5, 5.41) is 9.73. The van der Waals surface area contributed by atoms with Crippen LogP contribution in [0, 0.1) is 11.3 Å². The van der Waals surface area contributed by atoms with E-state index in [1.807, 2.05) is 31.3 Å². The maximum atomic E-state index is 13.4. The number of hydrogen-bond donors (Lipinski definition) is 1. The van der Waals surface area contributed by atoms with Crippen molar-refractivity contribution in [1.29, 1.82) is 0 Å². The van der Waals surface area contributed by atoms with E-state index in [9.17, 15) is 14.7 Å². The van der Waals surface area contributed by atoms with Gasteiger partial charge >= 0.3 is 5.97 Å². The van der Waals surface area contributed by atoms with Crippen LogP contribution in [-0.2, 0) is 26.3 Å². The Labute approximate surface area is 217 Å². The molecule has 0 saturated carbocycles. The number of carboxylic acids is 1. The number of hydrogen-bond acceptors (Lipinski definition) is 6. The predicted octanol–water partition coefficient (Wildman–Crippen LogP) is 4.75. The van der Waals surface area contributed by atoms with Gasteiger partial charge in [0.25, 0.3) is 0 Å². The zero-order valence-corrected chi connectivity index (χ0v) is 23.8. The van der Waals surface area contributed by atoms with Crippen molar-refractivity contribution in [3.8, 4) is 0 Å². The smallest absolute Gasteiger partial charge is 0.354 e. The summed E-state index contributed by atoms with van der Waals surface area (Å²) in [7, 11) is -1.46. The van der Waals surface area contributed by atoms with Crippen LogP contribution in [0.2, 0.25) is 13.1 Å². The summed E-state index contributed by atoms with van der Waals surface area (Å²) in [6.45, 7) is 13.2. The van der Waals surface area contributed by atoms with Gasteiger partial charge in [-0.1, -0.05) is 62.9 Å². The summed E-state index contributed by atoms with van der Waals surface area (Å²) in [5.41, 5.74) is 0.309. The number of rotatable bonds is 9. The van der Waals surface area contributed by atoms with Crippen molar-refractivity contribution in [3.05, 3.63) is 64.0 Å². The molecule has 0 bridgehead atoms. The minimum Gasteiger partial charge on any atom is -0.477 e. The summed E-state index contributed by atoms with van der Waals surface area (Å²) in [6, 6.07) is 10.1. The standard InChI is InChI=1S/C25H33N3O4S2Si/c1-24(2,3)25(4,32-35(5)6)18-20(29)28-19(22(30)31)23(34-21(18)28)33-15-17-26-12-13-27(17)14-16-10-8-7-9-11-16/h7-13,18,21,35H,14-15H2,1-6H3,(H,30,31)/t18-,21-,25+/m1/s1. The maximum absolute atomic E-state index is 13.4. The fourth-order valence-electron chi connectivity index (χ4n) is 4.63. The van der Waals surface area contributed by atoms with Gasteiger partial charge in [-0.2, -0.15) is 0 Å². The van der Waals surface area contributed by atoms with E-state index in [1.54, 1.807) is 6.20 Å². The van der Waals surface area contributed by atoms with Gasteiger partial charge in [0.05, 0.1) is 21.5 Å². The first-order valence-corrected chi connectivity index (χ1v) is 16.4. The second-order valence-electron chi connectivity index (χ2n) is 10.4. The van der Waals surface area contributed by atoms with Crippen LogP contribution in [0.4, 0.5) is 0 Å². The molecule has 0 unspecified atom stereocenters. The molecule has 1 fully saturated rings. The van der Waals surface area contributed by atoms with Crippen molar-refractivity contribution < 1.29 is 19.1 Å². The largest absolute Gasteiger partial charge is 0.477 e. The van der Waals surface area contributed by atoms with Crippen molar-refractivity contribution in [2.75, 3.05) is 0 Å². The Hall–Kier alpha value is -2.01. The molecule has 10 heteroatoms. The second-order valence-corrected chi connectivity index (χ2v) is 15.1. The van der Waals surface area contributed by atoms with Crippen LogP contribution < -0.4 is 0 Å². The topological polar surface area (TPSA) is 84.7 Å². The molecule has 4 rings (SSSR count). The highest BCUT2D eigenvalue weighted by atomic mass is 32.2. The molecule has 188 valence electrons. The van der Waals surface area contributed by atoms with Crippen LogP contribution in [0.3, 0.4) is 0 Å². The summed E-state index contributed by atoms with van der Waals surface area (Å²) in [6.07, 6.45) is 3.70. The number of imidazole rings is 1. The molecule has 1 aromatic carbocycles. The van der Waals surface area contributed by atoms with Crippen molar-refractivity contribution in [3.63, 3.8) is 0 Å². The Morgan fingerprint density at radius 1 is 1.23 bits per heavy atom. The highest BCUT2D eigenvalue weighted by molar-refractivity contribution is 8.22. The predicted molar refractivity (Wildman–Crippen MR) is 143 cm³/mol. The van der Waals surface area contributed by atoms with Gasteiger partial charge in [-0.3, -0.25) is 9.69 Å². The summed E-state index contributed by atoms with van der Waals surface area (Å²) in [4.78, 5) is 31.6. The van der Waals surface area contributed by atoms with E-state index >= 15 is 0 Å². The van der Waals surface area contributed by atoms with Crippen molar-refractivity contribution in [1.82, 2.24) is 14.5 Å². The molecule has 1 amide bonds. The first kappa shape index (κ1) is 26.1. The number of carbonyl (C=O) groups is 2. The van der Waals surface area contributed by atoms with Crippen molar-refractivity contribution in [2.45, 2.75) is 64.1 Å². The van der Waals surface area contributed by atoms with Gasteiger partial charge in [-0.15, -0.1) is 11.8 Å². The number of nitrogens with zero attached hydrogens (tertiary/aromatic N) is 3. The number of fused-ring (bicyclic) bond motifs is 1. The van der Waals surface area contributed by atoms with E-state index in [-0.39, 0.29) is 22.4 Å². The number of aromatic nitrogens is 2. The monoisotopic (exact) mass is 531 g/mol. The van der Waals surface area contributed by atoms with Crippen molar-refractivity contribution in [2.24, 2.45) is 11.3 Å². The molecular formula is C25H33N3O4S2Si. The summed E-state index contributed by atoms with van der Waals surface area (Å²) in [5.74, 6) is -0.242. The molecule has 2 aliphatic rings. The van der Waals surface area contributed by atoms with Gasteiger partial charge in [0.1, 0.15) is 11.2 Å². The number of thioether (sulfide) groups is 2. The van der Waals surface area contributed by atoms with E-state index in [0.29, 0.717) is 16.5 Å². The van der Waals surface area contributed by atoms with Gasteiger partial charge < -0.3 is 14.1 Å². The summed E-state index contributed by atoms with van der Waals surface area (Å²) < 4.78 is 9.23. The fourth-order valence-corrected chi connectivity index (χ4v) is 9.02. The summed E-state index contributed by atoms with van der Waals surface area (Å²) >= 11 is 2.91. The van der Waals surface area contributed by atoms with Crippen molar-refractivity contribution >= 4 is 44.4 Å². The zero-order valence-electron chi connectivity index (χ0n) is 21.0. The third kappa shape index (κ3) is 4.85. The molecule has 1 saturated heterocycles. The van der Waals surface area contributed by atoms with Crippen LogP contribution >= 0.6 is 23.5 Å². The first-order chi connectivity index (χ1) is 16.4. The van der Waals surface area contributed by atoms with E-state index in [4.69, 9.17) is 4.43 Å². The molecule has 0 spiro atoms. The number of aliphatic carboxylic acids is 1. The molecular weight excluding hydrogens is 499 g/mol. The average Bonchev–Trinajstić information content (AvgIpc) is 3.33. The number of carbonyl (C=O) groups excluding carboxylic acids is 1. The van der Waals surface area contributed by atoms with Crippen LogP contribution in [0.5, 0.6) is 0 Å². The molecule has 0 radical (unpaired) electrons. The van der Waals surface area contributed by atoms with Crippen LogP contribution in [-0.4, -0.2) is 51.4 Å². The van der Waals surface area contributed by atoms with Gasteiger partial charge in [0.2, 0.25) is 5.91 Å². The number of amides is 1. The SMILES string of the molecule is C[SiH](C)O[C@@](C)([C@@H]1C(=O)N2C(C(=O)O)=C(SCc3nccn3Cc3ccccc3)S[C@H]12)C(C)(C)C. The normalized spacial score (nSPS) is 21.8. The molecule has 7 nitrogen and oxygen atoms in total. The minimum absolute atomic E-state index is 0.0884. The van der Waals surface area contributed by atoms with Crippen LogP contribution in [0.25, 0.3) is 0 Å². The van der Waals surface area contributed by atoms with E-state index in [0.717, 1.165) is 5.82 Å². The van der Waals surface area contributed by atoms with Gasteiger partial charge in [0, 0.05) is 18.9 Å². The Balaban J connectivity index is 1.54. The Kier molecular flexibility index (Phi) is 7.30. The van der Waals surface area contributed by atoms with Gasteiger partial charge in [-0.05, 0) is 31.0 Å². The highest BCUT2D eigenvalue weighted by Gasteiger charge is 2.65. The Morgan fingerprint density at radius 3 is 2.51 bits per heavy atom. The average molecular weight is 532 g/mol. The molecule has 2 aromatic rings. The second kappa shape index (κ2) is 9.80. The number of benzene rings is 1. The third-order valence-corrected chi connectivity index (χ3v) is 10.4. The zero-order chi connectivity index (χ0) is 25.5. The van der Waals surface area contributed by atoms with E-state index < -0.39 is 26.5 Å². The lowest BCUT2D eigenvalue weighted by atomic mass is 9.66. The molecule has 35 heavy (non-hydrogen) atoms. The molecule has 3 heterocycles. The quantitative estimate of drug-likeness (QED) is 0.369. The minimum atomic E-state index is -1.46. The Bertz CT molecular complexity index is 1150. The lowest BCUT2D eigenvalue weighted by molar-refractivity contribution is -0.173. The number of β-lactam (4-membered cyclic amide) rings is 1. The lowest BCUT2D eigenvalue weighted by Crippen LogP contribution is -2.69. The lowest BCUT2D eigenvalue weighted by Gasteiger charge is -2.56. The van der Waals surface area contributed by atoms with Crippen LogP contribution in [0.15, 0.2) is 52.7 Å². The molecule has 1 aromatic heterocycles. The molecule has 0 aliphatic carbocycles. The Morgan fingerprint density at radius 2 is 1.91 bits per heavy atom. The van der Waals surface area contributed by atoms with Gasteiger partial charge in [-0.25, -0.2) is 9.78 Å². The van der Waals surface area contributed by atoms with Crippen LogP contribution in [0.1, 0.15) is 39.1 Å². The fraction of sp³-hybridized carbons (Fsp3) is 0.480.